The summed E-state index contributed by atoms with van der Waals surface area (Å²) in [6, 6.07) is 10.2. The Morgan fingerprint density at radius 1 is 1.14 bits per heavy atom. The van der Waals surface area contributed by atoms with E-state index in [4.69, 9.17) is 32.7 Å². The normalized spacial score (nSPS) is 16.7. The molecule has 0 bridgehead atoms. The predicted molar refractivity (Wildman–Crippen MR) is 117 cm³/mol. The number of anilines is 1. The van der Waals surface area contributed by atoms with Gasteiger partial charge in [0, 0.05) is 23.9 Å². The highest BCUT2D eigenvalue weighted by Gasteiger charge is 2.28. The number of halogens is 2. The number of piperidine rings is 1. The summed E-state index contributed by atoms with van der Waals surface area (Å²) in [5, 5.41) is 10.3. The summed E-state index contributed by atoms with van der Waals surface area (Å²) in [5.41, 5.74) is 1.27. The molecule has 0 radical (unpaired) electrons. The van der Waals surface area contributed by atoms with Crippen molar-refractivity contribution in [3.05, 3.63) is 52.0 Å². The van der Waals surface area contributed by atoms with Crippen molar-refractivity contribution < 1.29 is 14.3 Å². The number of amides is 1. The Balaban J connectivity index is 1.75. The first-order valence-electron chi connectivity index (χ1n) is 9.31. The van der Waals surface area contributed by atoms with Crippen molar-refractivity contribution in [2.75, 3.05) is 26.1 Å². The van der Waals surface area contributed by atoms with E-state index in [9.17, 15) is 4.79 Å². The number of carbonyl (C=O) groups excluding carboxylic acids is 1. The number of hydrazone groups is 1. The maximum absolute atomic E-state index is 12.9. The van der Waals surface area contributed by atoms with Crippen molar-refractivity contribution in [3.8, 4) is 11.5 Å². The number of ether oxygens (including phenoxy) is 2. The van der Waals surface area contributed by atoms with Gasteiger partial charge in [-0.15, -0.1) is 0 Å². The van der Waals surface area contributed by atoms with E-state index in [2.05, 4.69) is 10.4 Å². The quantitative estimate of drug-likeness (QED) is 0.659. The number of hydrogen-bond donors (Lipinski definition) is 1. The van der Waals surface area contributed by atoms with E-state index in [0.29, 0.717) is 45.8 Å². The van der Waals surface area contributed by atoms with Crippen molar-refractivity contribution in [2.45, 2.75) is 25.3 Å². The van der Waals surface area contributed by atoms with Crippen molar-refractivity contribution in [3.63, 3.8) is 0 Å². The first-order valence-corrected chi connectivity index (χ1v) is 10.1. The molecule has 3 rings (SSSR count). The number of carbonyl (C=O) groups is 1. The summed E-state index contributed by atoms with van der Waals surface area (Å²) in [6.45, 7) is 0.683. The molecule has 6 nitrogen and oxygen atoms in total. The zero-order valence-corrected chi connectivity index (χ0v) is 17.8. The van der Waals surface area contributed by atoms with Gasteiger partial charge in [0.25, 0.3) is 0 Å². The van der Waals surface area contributed by atoms with Crippen LogP contribution in [0.4, 0.5) is 5.69 Å². The number of rotatable bonds is 6. The molecule has 1 aliphatic rings. The molecule has 2 aromatic rings. The van der Waals surface area contributed by atoms with E-state index < -0.39 is 0 Å². The molecule has 1 amide bonds. The minimum Gasteiger partial charge on any atom is -0.493 e. The summed E-state index contributed by atoms with van der Waals surface area (Å²) in [6.07, 6.45) is 4.26. The zero-order chi connectivity index (χ0) is 20.8. The van der Waals surface area contributed by atoms with Crippen molar-refractivity contribution in [2.24, 2.45) is 5.10 Å². The molecule has 0 saturated carbocycles. The molecule has 154 valence electrons. The fourth-order valence-corrected chi connectivity index (χ4v) is 3.72. The standard InChI is InChI=1S/C21H23Cl2N3O3/c1-28-19-10-9-14(12-20(19)29-2)25-21(27)18-8-3-4-11-26(18)24-13-15-16(22)6-5-7-17(15)23/h5-7,9-10,12-13,18H,3-4,8,11H2,1-2H3,(H,25,27)/b24-13-/t18-/m0/s1. The van der Waals surface area contributed by atoms with Gasteiger partial charge in [-0.3, -0.25) is 9.80 Å². The van der Waals surface area contributed by atoms with Crippen LogP contribution in [0.3, 0.4) is 0 Å². The van der Waals surface area contributed by atoms with Crippen molar-refractivity contribution in [1.82, 2.24) is 5.01 Å². The molecule has 0 spiro atoms. The van der Waals surface area contributed by atoms with E-state index in [1.807, 2.05) is 0 Å². The highest BCUT2D eigenvalue weighted by atomic mass is 35.5. The molecule has 0 aromatic heterocycles. The van der Waals surface area contributed by atoms with E-state index in [-0.39, 0.29) is 11.9 Å². The van der Waals surface area contributed by atoms with E-state index >= 15 is 0 Å². The van der Waals surface area contributed by atoms with Crippen LogP contribution < -0.4 is 14.8 Å². The summed E-state index contributed by atoms with van der Waals surface area (Å²) < 4.78 is 10.5. The smallest absolute Gasteiger partial charge is 0.248 e. The summed E-state index contributed by atoms with van der Waals surface area (Å²) in [4.78, 5) is 12.9. The van der Waals surface area contributed by atoms with Crippen LogP contribution in [0.15, 0.2) is 41.5 Å². The second-order valence-corrected chi connectivity index (χ2v) is 7.43. The fraction of sp³-hybridized carbons (Fsp3) is 0.333. The molecule has 0 unspecified atom stereocenters. The molecule has 1 N–H and O–H groups in total. The van der Waals surface area contributed by atoms with Crippen molar-refractivity contribution in [1.29, 1.82) is 0 Å². The Labute approximate surface area is 180 Å². The van der Waals surface area contributed by atoms with Crippen LogP contribution >= 0.6 is 23.2 Å². The van der Waals surface area contributed by atoms with Gasteiger partial charge in [0.2, 0.25) is 5.91 Å². The molecule has 1 aliphatic heterocycles. The van der Waals surface area contributed by atoms with Gasteiger partial charge in [-0.2, -0.15) is 5.10 Å². The lowest BCUT2D eigenvalue weighted by Crippen LogP contribution is -2.44. The van der Waals surface area contributed by atoms with Gasteiger partial charge in [0.05, 0.1) is 30.5 Å². The number of methoxy groups -OCH3 is 2. The van der Waals surface area contributed by atoms with Crippen LogP contribution in [-0.4, -0.2) is 43.9 Å². The SMILES string of the molecule is COc1ccc(NC(=O)[C@@H]2CCCCN2/N=C\c2c(Cl)cccc2Cl)cc1OC. The van der Waals surface area contributed by atoms with Gasteiger partial charge >= 0.3 is 0 Å². The third-order valence-electron chi connectivity index (χ3n) is 4.76. The third-order valence-corrected chi connectivity index (χ3v) is 5.42. The van der Waals surface area contributed by atoms with Gasteiger partial charge in [0.1, 0.15) is 6.04 Å². The lowest BCUT2D eigenvalue weighted by atomic mass is 10.0. The minimum absolute atomic E-state index is 0.126. The summed E-state index contributed by atoms with van der Waals surface area (Å²) in [7, 11) is 3.13. The van der Waals surface area contributed by atoms with Gasteiger partial charge in [-0.05, 0) is 43.5 Å². The molecular weight excluding hydrogens is 413 g/mol. The van der Waals surface area contributed by atoms with Crippen LogP contribution in [0.2, 0.25) is 10.0 Å². The van der Waals surface area contributed by atoms with Gasteiger partial charge < -0.3 is 14.8 Å². The van der Waals surface area contributed by atoms with Crippen molar-refractivity contribution >= 4 is 41.0 Å². The maximum Gasteiger partial charge on any atom is 0.248 e. The first-order chi connectivity index (χ1) is 14.0. The lowest BCUT2D eigenvalue weighted by Gasteiger charge is -2.32. The Morgan fingerprint density at radius 2 is 1.86 bits per heavy atom. The van der Waals surface area contributed by atoms with Gasteiger partial charge in [0.15, 0.2) is 11.5 Å². The number of hydrogen-bond acceptors (Lipinski definition) is 5. The highest BCUT2D eigenvalue weighted by molar-refractivity contribution is 6.38. The Morgan fingerprint density at radius 3 is 2.55 bits per heavy atom. The number of nitrogens with zero attached hydrogens (tertiary/aromatic N) is 2. The Kier molecular flexibility index (Phi) is 7.23. The largest absolute Gasteiger partial charge is 0.493 e. The van der Waals surface area contributed by atoms with Gasteiger partial charge in [-0.1, -0.05) is 29.3 Å². The first kappa shape index (κ1) is 21.3. The third kappa shape index (κ3) is 5.14. The van der Waals surface area contributed by atoms with Crippen LogP contribution in [-0.2, 0) is 4.79 Å². The van der Waals surface area contributed by atoms with E-state index in [1.165, 1.54) is 0 Å². The van der Waals surface area contributed by atoms with E-state index in [1.54, 1.807) is 61.8 Å². The van der Waals surface area contributed by atoms with Gasteiger partial charge in [-0.25, -0.2) is 0 Å². The number of benzene rings is 2. The average molecular weight is 436 g/mol. The molecule has 2 aromatic carbocycles. The second kappa shape index (κ2) is 9.85. The van der Waals surface area contributed by atoms with Crippen LogP contribution in [0, 0.1) is 0 Å². The average Bonchev–Trinajstić information content (AvgIpc) is 2.73. The Hall–Kier alpha value is -2.44. The predicted octanol–water partition coefficient (Wildman–Crippen LogP) is 4.84. The van der Waals surface area contributed by atoms with Crippen LogP contribution in [0.25, 0.3) is 0 Å². The monoisotopic (exact) mass is 435 g/mol. The van der Waals surface area contributed by atoms with Crippen LogP contribution in [0.1, 0.15) is 24.8 Å². The maximum atomic E-state index is 12.9. The molecule has 29 heavy (non-hydrogen) atoms. The highest BCUT2D eigenvalue weighted by Crippen LogP contribution is 2.30. The lowest BCUT2D eigenvalue weighted by molar-refractivity contribution is -0.122. The summed E-state index contributed by atoms with van der Waals surface area (Å²) in [5.74, 6) is 1.03. The molecule has 1 saturated heterocycles. The fourth-order valence-electron chi connectivity index (χ4n) is 3.23. The minimum atomic E-state index is -0.380. The molecule has 1 heterocycles. The van der Waals surface area contributed by atoms with Crippen LogP contribution in [0.5, 0.6) is 11.5 Å². The molecular formula is C21H23Cl2N3O3. The van der Waals surface area contributed by atoms with E-state index in [0.717, 1.165) is 12.8 Å². The topological polar surface area (TPSA) is 63.2 Å². The number of nitrogens with one attached hydrogen (secondary N) is 1. The zero-order valence-electron chi connectivity index (χ0n) is 16.3. The molecule has 1 fully saturated rings. The molecule has 0 aliphatic carbocycles. The summed E-state index contributed by atoms with van der Waals surface area (Å²) >= 11 is 12.4. The molecule has 1 atom stereocenters. The Bertz CT molecular complexity index is 884. The second-order valence-electron chi connectivity index (χ2n) is 6.61. The molecule has 8 heteroatoms.